The van der Waals surface area contributed by atoms with E-state index in [1.165, 1.54) is 15.6 Å². The van der Waals surface area contributed by atoms with Gasteiger partial charge in [-0.05, 0) is 53.6 Å². The van der Waals surface area contributed by atoms with Crippen LogP contribution in [0, 0.1) is 0 Å². The number of morpholine rings is 1. The fourth-order valence-electron chi connectivity index (χ4n) is 3.98. The van der Waals surface area contributed by atoms with Crippen LogP contribution in [0.5, 0.6) is 5.75 Å². The maximum Gasteiger partial charge on any atom is 0.243 e. The van der Waals surface area contributed by atoms with Gasteiger partial charge in [-0.2, -0.15) is 4.31 Å². The molecule has 0 radical (unpaired) electrons. The van der Waals surface area contributed by atoms with E-state index in [0.717, 1.165) is 33.1 Å². The number of sulfonamides is 1. The van der Waals surface area contributed by atoms with Crippen LogP contribution < -0.4 is 9.54 Å². The van der Waals surface area contributed by atoms with Crippen molar-refractivity contribution in [2.24, 2.45) is 4.99 Å². The number of thiazole rings is 1. The molecule has 36 heavy (non-hydrogen) atoms. The minimum atomic E-state index is -3.55. The number of aromatic nitrogens is 2. The van der Waals surface area contributed by atoms with Crippen molar-refractivity contribution in [1.82, 2.24) is 13.9 Å². The third kappa shape index (κ3) is 5.26. The van der Waals surface area contributed by atoms with E-state index in [-0.39, 0.29) is 4.90 Å². The molecule has 2 aromatic carbocycles. The van der Waals surface area contributed by atoms with Crippen molar-refractivity contribution in [3.63, 3.8) is 0 Å². The summed E-state index contributed by atoms with van der Waals surface area (Å²) in [5, 5.41) is 2.05. The van der Waals surface area contributed by atoms with E-state index in [4.69, 9.17) is 14.5 Å². The molecule has 186 valence electrons. The summed E-state index contributed by atoms with van der Waals surface area (Å²) in [4.78, 5) is 10.2. The molecule has 1 fully saturated rings. The zero-order chi connectivity index (χ0) is 25.0. The van der Waals surface area contributed by atoms with Crippen LogP contribution in [0.1, 0.15) is 5.56 Å². The average molecular weight is 523 g/mol. The first kappa shape index (κ1) is 24.4. The highest BCUT2D eigenvalue weighted by molar-refractivity contribution is 7.89. The first-order chi connectivity index (χ1) is 17.5. The Bertz CT molecular complexity index is 1470. The molecule has 0 bridgehead atoms. The van der Waals surface area contributed by atoms with Gasteiger partial charge in [-0.25, -0.2) is 13.4 Å². The summed E-state index contributed by atoms with van der Waals surface area (Å²) in [7, 11) is -1.91. The molecule has 1 aliphatic rings. The van der Waals surface area contributed by atoms with Crippen LogP contribution in [-0.4, -0.2) is 55.7 Å². The lowest BCUT2D eigenvalue weighted by Gasteiger charge is -2.26. The maximum atomic E-state index is 13.0. The highest BCUT2D eigenvalue weighted by atomic mass is 32.2. The Morgan fingerprint density at radius 2 is 1.81 bits per heavy atom. The van der Waals surface area contributed by atoms with Crippen LogP contribution in [0.4, 0.5) is 5.69 Å². The summed E-state index contributed by atoms with van der Waals surface area (Å²) in [5.74, 6) is 0.774. The monoisotopic (exact) mass is 522 g/mol. The highest BCUT2D eigenvalue weighted by Crippen LogP contribution is 2.25. The molecular weight excluding hydrogens is 496 g/mol. The molecule has 5 rings (SSSR count). The Morgan fingerprint density at radius 1 is 1.06 bits per heavy atom. The largest absolute Gasteiger partial charge is 0.497 e. The molecular formula is C26H26N4O4S2. The van der Waals surface area contributed by atoms with Crippen LogP contribution in [0.15, 0.2) is 88.3 Å². The van der Waals surface area contributed by atoms with Crippen molar-refractivity contribution in [3.8, 4) is 17.0 Å². The molecule has 0 spiro atoms. The number of nitrogens with zero attached hydrogens (tertiary/aromatic N) is 4. The van der Waals surface area contributed by atoms with Crippen LogP contribution in [0.25, 0.3) is 11.3 Å². The van der Waals surface area contributed by atoms with Crippen molar-refractivity contribution >= 4 is 27.0 Å². The van der Waals surface area contributed by atoms with Gasteiger partial charge in [-0.3, -0.25) is 4.98 Å². The van der Waals surface area contributed by atoms with Gasteiger partial charge in [0, 0.05) is 30.9 Å². The Balaban J connectivity index is 1.52. The number of pyridine rings is 1. The third-order valence-electron chi connectivity index (χ3n) is 5.92. The second-order valence-corrected chi connectivity index (χ2v) is 11.0. The van der Waals surface area contributed by atoms with Crippen LogP contribution in [0.3, 0.4) is 0 Å². The Kier molecular flexibility index (Phi) is 7.28. The lowest BCUT2D eigenvalue weighted by atomic mass is 10.1. The molecule has 0 atom stereocenters. The quantitative estimate of drug-likeness (QED) is 0.367. The highest BCUT2D eigenvalue weighted by Gasteiger charge is 2.26. The van der Waals surface area contributed by atoms with Gasteiger partial charge in [0.1, 0.15) is 5.75 Å². The van der Waals surface area contributed by atoms with Crippen molar-refractivity contribution < 1.29 is 17.9 Å². The second-order valence-electron chi connectivity index (χ2n) is 8.20. The van der Waals surface area contributed by atoms with E-state index in [9.17, 15) is 8.42 Å². The van der Waals surface area contributed by atoms with E-state index in [1.807, 2.05) is 60.1 Å². The van der Waals surface area contributed by atoms with Crippen molar-refractivity contribution in [2.45, 2.75) is 11.4 Å². The van der Waals surface area contributed by atoms with Gasteiger partial charge >= 0.3 is 0 Å². The SMILES string of the molecule is COc1ccc(N=c2scc(-c3ccc(S(=O)(=O)N4CCOCC4)cc3)n2Cc2cccnc2)cc1. The van der Waals surface area contributed by atoms with Crippen LogP contribution >= 0.6 is 11.3 Å². The van der Waals surface area contributed by atoms with Gasteiger partial charge in [-0.1, -0.05) is 18.2 Å². The summed E-state index contributed by atoms with van der Waals surface area (Å²) < 4.78 is 40.2. The fraction of sp³-hybridized carbons (Fsp3) is 0.231. The molecule has 3 heterocycles. The molecule has 10 heteroatoms. The average Bonchev–Trinajstić information content (AvgIpc) is 3.32. The van der Waals surface area contributed by atoms with Crippen molar-refractivity contribution in [2.75, 3.05) is 33.4 Å². The molecule has 1 aliphatic heterocycles. The van der Waals surface area contributed by atoms with Gasteiger partial charge < -0.3 is 14.0 Å². The summed E-state index contributed by atoms with van der Waals surface area (Å²) >= 11 is 1.53. The minimum absolute atomic E-state index is 0.283. The number of hydrogen-bond donors (Lipinski definition) is 0. The molecule has 0 amide bonds. The molecule has 0 unspecified atom stereocenters. The van der Waals surface area contributed by atoms with Crippen LogP contribution in [0.2, 0.25) is 0 Å². The Morgan fingerprint density at radius 3 is 2.47 bits per heavy atom. The first-order valence-corrected chi connectivity index (χ1v) is 13.8. The minimum Gasteiger partial charge on any atom is -0.497 e. The van der Waals surface area contributed by atoms with Gasteiger partial charge in [0.25, 0.3) is 0 Å². The second kappa shape index (κ2) is 10.8. The summed E-state index contributed by atoms with van der Waals surface area (Å²) in [6.07, 6.45) is 3.59. The van der Waals surface area contributed by atoms with Crippen LogP contribution in [-0.2, 0) is 21.3 Å². The summed E-state index contributed by atoms with van der Waals surface area (Å²) in [6, 6.07) is 18.6. The zero-order valence-electron chi connectivity index (χ0n) is 19.8. The van der Waals surface area contributed by atoms with Crippen molar-refractivity contribution in [1.29, 1.82) is 0 Å². The first-order valence-electron chi connectivity index (χ1n) is 11.5. The summed E-state index contributed by atoms with van der Waals surface area (Å²) in [5.41, 5.74) is 3.72. The predicted molar refractivity (Wildman–Crippen MR) is 139 cm³/mol. The van der Waals surface area contributed by atoms with Crippen molar-refractivity contribution in [3.05, 3.63) is 88.8 Å². The standard InChI is InChI=1S/C26H26N4O4S2/c1-33-23-8-6-22(7-9-23)28-26-30(18-20-3-2-12-27-17-20)25(19-35-26)21-4-10-24(11-5-21)36(31,32)29-13-15-34-16-14-29/h2-12,17,19H,13-16,18H2,1H3. The maximum absolute atomic E-state index is 13.0. The lowest BCUT2D eigenvalue weighted by Crippen LogP contribution is -2.40. The van der Waals surface area contributed by atoms with Gasteiger partial charge in [0.15, 0.2) is 4.80 Å². The number of ether oxygens (including phenoxy) is 2. The smallest absolute Gasteiger partial charge is 0.243 e. The van der Waals surface area contributed by atoms with Gasteiger partial charge in [0.2, 0.25) is 10.0 Å². The van der Waals surface area contributed by atoms with E-state index < -0.39 is 10.0 Å². The molecule has 4 aromatic rings. The van der Waals surface area contributed by atoms with Gasteiger partial charge in [0.05, 0.1) is 43.1 Å². The van der Waals surface area contributed by atoms with Gasteiger partial charge in [-0.15, -0.1) is 11.3 Å². The molecule has 0 N–H and O–H groups in total. The third-order valence-corrected chi connectivity index (χ3v) is 8.69. The molecule has 1 saturated heterocycles. The van der Waals surface area contributed by atoms with E-state index in [2.05, 4.69) is 9.55 Å². The zero-order valence-corrected chi connectivity index (χ0v) is 21.4. The number of benzene rings is 2. The predicted octanol–water partition coefficient (Wildman–Crippen LogP) is 3.92. The Labute approximate surface area is 214 Å². The lowest BCUT2D eigenvalue weighted by molar-refractivity contribution is 0.0730. The normalized spacial score (nSPS) is 15.2. The molecule has 8 nitrogen and oxygen atoms in total. The number of rotatable bonds is 7. The van der Waals surface area contributed by atoms with E-state index in [1.54, 1.807) is 25.4 Å². The van der Waals surface area contributed by atoms with E-state index >= 15 is 0 Å². The molecule has 2 aromatic heterocycles. The molecule has 0 saturated carbocycles. The topological polar surface area (TPSA) is 86.0 Å². The fourth-order valence-corrected chi connectivity index (χ4v) is 6.31. The van der Waals surface area contributed by atoms with E-state index in [0.29, 0.717) is 32.8 Å². The number of hydrogen-bond acceptors (Lipinski definition) is 7. The molecule has 0 aliphatic carbocycles. The number of methoxy groups -OCH3 is 1. The summed E-state index contributed by atoms with van der Waals surface area (Å²) in [6.45, 7) is 2.16. The Hall–Kier alpha value is -3.31.